The summed E-state index contributed by atoms with van der Waals surface area (Å²) in [6.07, 6.45) is 3.54. The highest BCUT2D eigenvalue weighted by atomic mass is 16.6. The van der Waals surface area contributed by atoms with Crippen LogP contribution in [0, 0.1) is 0 Å². The van der Waals surface area contributed by atoms with Crippen LogP contribution in [0.3, 0.4) is 0 Å². The predicted octanol–water partition coefficient (Wildman–Crippen LogP) is 4.84. The number of amides is 1. The Bertz CT molecular complexity index is 1110. The third kappa shape index (κ3) is 4.55. The fourth-order valence-electron chi connectivity index (χ4n) is 3.99. The first-order valence-corrected chi connectivity index (χ1v) is 10.5. The molecular formula is C24H27N3O4. The third-order valence-corrected chi connectivity index (χ3v) is 5.47. The van der Waals surface area contributed by atoms with Gasteiger partial charge in [0.1, 0.15) is 11.1 Å². The molecule has 1 atom stereocenters. The highest BCUT2D eigenvalue weighted by Gasteiger charge is 2.28. The third-order valence-electron chi connectivity index (χ3n) is 5.47. The summed E-state index contributed by atoms with van der Waals surface area (Å²) in [6, 6.07) is 13.2. The van der Waals surface area contributed by atoms with E-state index < -0.39 is 11.6 Å². The van der Waals surface area contributed by atoms with Crippen molar-refractivity contribution in [3.8, 4) is 5.69 Å². The van der Waals surface area contributed by atoms with Crippen LogP contribution in [-0.4, -0.2) is 50.5 Å². The van der Waals surface area contributed by atoms with Gasteiger partial charge in [-0.25, -0.2) is 14.3 Å². The molecule has 0 spiro atoms. The second-order valence-electron chi connectivity index (χ2n) is 8.98. The molecule has 0 bridgehead atoms. The summed E-state index contributed by atoms with van der Waals surface area (Å²) >= 11 is 0. The van der Waals surface area contributed by atoms with Gasteiger partial charge in [0.25, 0.3) is 0 Å². The number of carboxylic acid groups (broad SMARTS) is 1. The van der Waals surface area contributed by atoms with Crippen molar-refractivity contribution >= 4 is 23.0 Å². The Morgan fingerprint density at radius 1 is 1.13 bits per heavy atom. The molecule has 31 heavy (non-hydrogen) atoms. The number of rotatable bonds is 3. The zero-order valence-electron chi connectivity index (χ0n) is 18.0. The Kier molecular flexibility index (Phi) is 5.43. The van der Waals surface area contributed by atoms with Gasteiger partial charge in [-0.1, -0.05) is 24.3 Å². The van der Waals surface area contributed by atoms with Crippen molar-refractivity contribution < 1.29 is 19.4 Å². The SMILES string of the molecule is CC(C)(C)OC(=O)N1CCCC(c2ccc(-n3cc4cccc(C(=O)O)c4n3)cc2)C1. The number of nitrogens with zero attached hydrogens (tertiary/aromatic N) is 3. The van der Waals surface area contributed by atoms with E-state index >= 15 is 0 Å². The largest absolute Gasteiger partial charge is 0.478 e. The molecule has 1 fully saturated rings. The molecule has 4 rings (SSSR count). The maximum absolute atomic E-state index is 12.4. The van der Waals surface area contributed by atoms with Crippen molar-refractivity contribution in [2.75, 3.05) is 13.1 Å². The summed E-state index contributed by atoms with van der Waals surface area (Å²) in [6.45, 7) is 6.99. The first kappa shape index (κ1) is 20.9. The number of carbonyl (C=O) groups is 2. The molecule has 1 unspecified atom stereocenters. The van der Waals surface area contributed by atoms with E-state index in [0.717, 1.165) is 30.5 Å². The van der Waals surface area contributed by atoms with Crippen LogP contribution in [-0.2, 0) is 4.74 Å². The van der Waals surface area contributed by atoms with E-state index in [1.807, 2.05) is 45.2 Å². The zero-order valence-corrected chi connectivity index (χ0v) is 18.0. The van der Waals surface area contributed by atoms with Crippen molar-refractivity contribution in [3.05, 3.63) is 59.8 Å². The van der Waals surface area contributed by atoms with Gasteiger partial charge in [-0.3, -0.25) is 0 Å². The summed E-state index contributed by atoms with van der Waals surface area (Å²) in [4.78, 5) is 25.7. The van der Waals surface area contributed by atoms with Gasteiger partial charge in [0.15, 0.2) is 0 Å². The van der Waals surface area contributed by atoms with Crippen molar-refractivity contribution in [2.24, 2.45) is 0 Å². The summed E-state index contributed by atoms with van der Waals surface area (Å²) < 4.78 is 7.23. The molecule has 1 amide bonds. The molecule has 1 saturated heterocycles. The van der Waals surface area contributed by atoms with Crippen molar-refractivity contribution in [3.63, 3.8) is 0 Å². The lowest BCUT2D eigenvalue weighted by Crippen LogP contribution is -2.42. The molecule has 1 aromatic heterocycles. The maximum atomic E-state index is 12.4. The number of ether oxygens (including phenoxy) is 1. The number of benzene rings is 2. The minimum absolute atomic E-state index is 0.192. The number of carboxylic acids is 1. The second kappa shape index (κ2) is 8.06. The fourth-order valence-corrected chi connectivity index (χ4v) is 3.99. The van der Waals surface area contributed by atoms with E-state index in [9.17, 15) is 14.7 Å². The highest BCUT2D eigenvalue weighted by Crippen LogP contribution is 2.29. The quantitative estimate of drug-likeness (QED) is 0.654. The van der Waals surface area contributed by atoms with Gasteiger partial charge in [-0.2, -0.15) is 5.10 Å². The number of hydrogen-bond donors (Lipinski definition) is 1. The average molecular weight is 421 g/mol. The van der Waals surface area contributed by atoms with E-state index in [-0.39, 0.29) is 17.6 Å². The summed E-state index contributed by atoms with van der Waals surface area (Å²) in [5.41, 5.74) is 2.19. The Morgan fingerprint density at radius 2 is 1.87 bits per heavy atom. The number of aromatic carboxylic acids is 1. The molecule has 0 saturated carbocycles. The van der Waals surface area contributed by atoms with Gasteiger partial charge in [-0.05, 0) is 57.4 Å². The Labute approximate surface area is 181 Å². The van der Waals surface area contributed by atoms with Gasteiger partial charge < -0.3 is 14.7 Å². The number of piperidine rings is 1. The van der Waals surface area contributed by atoms with Crippen molar-refractivity contribution in [1.82, 2.24) is 14.7 Å². The summed E-state index contributed by atoms with van der Waals surface area (Å²) in [5, 5.41) is 14.6. The topological polar surface area (TPSA) is 84.7 Å². The van der Waals surface area contributed by atoms with Crippen LogP contribution in [0.4, 0.5) is 4.79 Å². The monoisotopic (exact) mass is 421 g/mol. The second-order valence-corrected chi connectivity index (χ2v) is 8.98. The molecule has 0 aliphatic carbocycles. The lowest BCUT2D eigenvalue weighted by Gasteiger charge is -2.34. The van der Waals surface area contributed by atoms with E-state index in [1.54, 1.807) is 21.7 Å². The molecular weight excluding hydrogens is 394 g/mol. The first-order chi connectivity index (χ1) is 14.7. The van der Waals surface area contributed by atoms with Gasteiger partial charge in [0, 0.05) is 30.6 Å². The van der Waals surface area contributed by atoms with Gasteiger partial charge in [0.05, 0.1) is 11.3 Å². The van der Waals surface area contributed by atoms with E-state index in [4.69, 9.17) is 4.74 Å². The number of likely N-dealkylation sites (tertiary alicyclic amines) is 1. The van der Waals surface area contributed by atoms with E-state index in [0.29, 0.717) is 12.1 Å². The number of carbonyl (C=O) groups excluding carboxylic acids is 1. The van der Waals surface area contributed by atoms with Crippen LogP contribution >= 0.6 is 0 Å². The molecule has 7 nitrogen and oxygen atoms in total. The zero-order chi connectivity index (χ0) is 22.2. The van der Waals surface area contributed by atoms with Crippen LogP contribution in [0.1, 0.15) is 55.5 Å². The van der Waals surface area contributed by atoms with E-state index in [1.165, 1.54) is 5.56 Å². The molecule has 3 aromatic rings. The van der Waals surface area contributed by atoms with Gasteiger partial charge in [0.2, 0.25) is 0 Å². The van der Waals surface area contributed by atoms with E-state index in [2.05, 4.69) is 17.2 Å². The average Bonchev–Trinajstić information content (AvgIpc) is 3.17. The lowest BCUT2D eigenvalue weighted by atomic mass is 9.91. The van der Waals surface area contributed by atoms with Crippen LogP contribution in [0.25, 0.3) is 16.6 Å². The number of fused-ring (bicyclic) bond motifs is 1. The molecule has 0 radical (unpaired) electrons. The lowest BCUT2D eigenvalue weighted by molar-refractivity contribution is 0.0198. The Balaban J connectivity index is 1.52. The Morgan fingerprint density at radius 3 is 2.55 bits per heavy atom. The molecule has 1 N–H and O–H groups in total. The maximum Gasteiger partial charge on any atom is 0.410 e. The first-order valence-electron chi connectivity index (χ1n) is 10.5. The van der Waals surface area contributed by atoms with Gasteiger partial charge in [-0.15, -0.1) is 0 Å². The van der Waals surface area contributed by atoms with Crippen molar-refractivity contribution in [2.45, 2.75) is 45.1 Å². The summed E-state index contributed by atoms with van der Waals surface area (Å²) in [7, 11) is 0. The van der Waals surface area contributed by atoms with Gasteiger partial charge >= 0.3 is 12.1 Å². The predicted molar refractivity (Wildman–Crippen MR) is 118 cm³/mol. The highest BCUT2D eigenvalue weighted by molar-refractivity contribution is 6.01. The molecule has 2 aromatic carbocycles. The smallest absolute Gasteiger partial charge is 0.410 e. The van der Waals surface area contributed by atoms with Crippen LogP contribution < -0.4 is 0 Å². The molecule has 7 heteroatoms. The molecule has 2 heterocycles. The standard InChI is InChI=1S/C24H27N3O4/c1-24(2,3)31-23(30)26-13-5-7-17(14-26)16-9-11-19(12-10-16)27-15-18-6-4-8-20(22(28)29)21(18)25-27/h4,6,8-12,15,17H,5,7,13-14H2,1-3H3,(H,28,29). The number of aromatic nitrogens is 2. The molecule has 1 aliphatic heterocycles. The summed E-state index contributed by atoms with van der Waals surface area (Å²) in [5.74, 6) is -0.733. The number of hydrogen-bond acceptors (Lipinski definition) is 4. The van der Waals surface area contributed by atoms with Crippen LogP contribution in [0.15, 0.2) is 48.7 Å². The molecule has 162 valence electrons. The minimum Gasteiger partial charge on any atom is -0.478 e. The Hall–Kier alpha value is -3.35. The van der Waals surface area contributed by atoms with Crippen LogP contribution in [0.2, 0.25) is 0 Å². The normalized spacial score (nSPS) is 17.0. The minimum atomic E-state index is -0.988. The fraction of sp³-hybridized carbons (Fsp3) is 0.375. The molecule has 1 aliphatic rings. The van der Waals surface area contributed by atoms with Crippen LogP contribution in [0.5, 0.6) is 0 Å². The van der Waals surface area contributed by atoms with Crippen molar-refractivity contribution in [1.29, 1.82) is 0 Å².